The second kappa shape index (κ2) is 12.0. The SMILES string of the molecule is CCNC(=NCc1ccnc(N2CCOC(C)C2)c1)NCCCOc1ccccc1. The van der Waals surface area contributed by atoms with Crippen molar-refractivity contribution in [2.45, 2.75) is 32.9 Å². The second-order valence-electron chi connectivity index (χ2n) is 7.29. The van der Waals surface area contributed by atoms with E-state index >= 15 is 0 Å². The molecule has 0 aliphatic carbocycles. The number of rotatable bonds is 9. The number of para-hydroxylation sites is 1. The number of ether oxygens (including phenoxy) is 2. The Kier molecular flexibility index (Phi) is 8.78. The van der Waals surface area contributed by atoms with E-state index < -0.39 is 0 Å². The molecule has 1 aliphatic heterocycles. The van der Waals surface area contributed by atoms with Gasteiger partial charge in [-0.3, -0.25) is 0 Å². The summed E-state index contributed by atoms with van der Waals surface area (Å²) in [6.07, 6.45) is 2.99. The number of hydrogen-bond acceptors (Lipinski definition) is 5. The van der Waals surface area contributed by atoms with E-state index in [0.717, 1.165) is 62.3 Å². The number of anilines is 1. The lowest BCUT2D eigenvalue weighted by atomic mass is 10.2. The molecule has 162 valence electrons. The lowest BCUT2D eigenvalue weighted by Gasteiger charge is -2.32. The van der Waals surface area contributed by atoms with Gasteiger partial charge in [-0.25, -0.2) is 9.98 Å². The Morgan fingerprint density at radius 1 is 1.27 bits per heavy atom. The molecule has 1 saturated heterocycles. The van der Waals surface area contributed by atoms with Crippen LogP contribution in [0.1, 0.15) is 25.8 Å². The highest BCUT2D eigenvalue weighted by Crippen LogP contribution is 2.17. The van der Waals surface area contributed by atoms with Gasteiger partial charge < -0.3 is 25.0 Å². The highest BCUT2D eigenvalue weighted by Gasteiger charge is 2.17. The van der Waals surface area contributed by atoms with Crippen LogP contribution in [-0.2, 0) is 11.3 Å². The van der Waals surface area contributed by atoms with Gasteiger partial charge in [0.15, 0.2) is 5.96 Å². The van der Waals surface area contributed by atoms with Crippen LogP contribution in [0.2, 0.25) is 0 Å². The van der Waals surface area contributed by atoms with Crippen molar-refractivity contribution in [3.8, 4) is 5.75 Å². The molecule has 1 aromatic carbocycles. The Morgan fingerprint density at radius 2 is 2.13 bits per heavy atom. The van der Waals surface area contributed by atoms with E-state index in [0.29, 0.717) is 13.2 Å². The number of nitrogens with one attached hydrogen (secondary N) is 2. The molecular formula is C23H33N5O2. The fraction of sp³-hybridized carbons (Fsp3) is 0.478. The monoisotopic (exact) mass is 411 g/mol. The van der Waals surface area contributed by atoms with Crippen molar-refractivity contribution in [2.24, 2.45) is 4.99 Å². The molecule has 2 heterocycles. The Hall–Kier alpha value is -2.80. The van der Waals surface area contributed by atoms with Crippen molar-refractivity contribution in [3.63, 3.8) is 0 Å². The molecule has 30 heavy (non-hydrogen) atoms. The van der Waals surface area contributed by atoms with Crippen LogP contribution in [0.5, 0.6) is 5.75 Å². The molecule has 2 N–H and O–H groups in total. The summed E-state index contributed by atoms with van der Waals surface area (Å²) in [6.45, 7) is 9.54. The molecular weight excluding hydrogens is 378 g/mol. The maximum Gasteiger partial charge on any atom is 0.191 e. The number of hydrogen-bond donors (Lipinski definition) is 2. The molecule has 1 unspecified atom stereocenters. The van der Waals surface area contributed by atoms with Gasteiger partial charge in [-0.1, -0.05) is 18.2 Å². The molecule has 0 saturated carbocycles. The average Bonchev–Trinajstić information content (AvgIpc) is 2.78. The first-order valence-corrected chi connectivity index (χ1v) is 10.8. The molecule has 3 rings (SSSR count). The molecule has 1 aromatic heterocycles. The first kappa shape index (κ1) is 21.9. The minimum Gasteiger partial charge on any atom is -0.494 e. The minimum absolute atomic E-state index is 0.234. The fourth-order valence-electron chi connectivity index (χ4n) is 3.26. The van der Waals surface area contributed by atoms with E-state index in [2.05, 4.69) is 40.4 Å². The third kappa shape index (κ3) is 7.22. The van der Waals surface area contributed by atoms with E-state index in [1.807, 2.05) is 42.6 Å². The third-order valence-corrected chi connectivity index (χ3v) is 4.76. The molecule has 1 fully saturated rings. The molecule has 2 aromatic rings. The number of aliphatic imine (C=N–C) groups is 1. The highest BCUT2D eigenvalue weighted by atomic mass is 16.5. The Morgan fingerprint density at radius 3 is 2.93 bits per heavy atom. The van der Waals surface area contributed by atoms with Crippen LogP contribution in [0.3, 0.4) is 0 Å². The van der Waals surface area contributed by atoms with Crippen molar-refractivity contribution in [1.29, 1.82) is 0 Å². The Bertz CT molecular complexity index is 784. The Labute approximate surface area is 179 Å². The molecule has 7 nitrogen and oxygen atoms in total. The average molecular weight is 412 g/mol. The zero-order chi connectivity index (χ0) is 21.0. The highest BCUT2D eigenvalue weighted by molar-refractivity contribution is 5.79. The van der Waals surface area contributed by atoms with E-state index in [-0.39, 0.29) is 6.10 Å². The zero-order valence-electron chi connectivity index (χ0n) is 18.0. The summed E-state index contributed by atoms with van der Waals surface area (Å²) in [7, 11) is 0. The van der Waals surface area contributed by atoms with Crippen molar-refractivity contribution in [3.05, 3.63) is 54.2 Å². The number of nitrogens with zero attached hydrogens (tertiary/aromatic N) is 3. The first-order chi connectivity index (χ1) is 14.7. The molecule has 0 amide bonds. The second-order valence-corrected chi connectivity index (χ2v) is 7.29. The van der Waals surface area contributed by atoms with Crippen LogP contribution in [0.4, 0.5) is 5.82 Å². The van der Waals surface area contributed by atoms with Crippen molar-refractivity contribution in [2.75, 3.05) is 44.3 Å². The van der Waals surface area contributed by atoms with E-state index in [4.69, 9.17) is 14.5 Å². The van der Waals surface area contributed by atoms with Gasteiger partial charge in [0.1, 0.15) is 11.6 Å². The summed E-state index contributed by atoms with van der Waals surface area (Å²) in [6, 6.07) is 14.0. The van der Waals surface area contributed by atoms with Crippen molar-refractivity contribution in [1.82, 2.24) is 15.6 Å². The van der Waals surface area contributed by atoms with Gasteiger partial charge >= 0.3 is 0 Å². The summed E-state index contributed by atoms with van der Waals surface area (Å²) in [5.74, 6) is 2.71. The molecule has 0 radical (unpaired) electrons. The van der Waals surface area contributed by atoms with Crippen LogP contribution < -0.4 is 20.3 Å². The quantitative estimate of drug-likeness (QED) is 0.376. The number of aromatic nitrogens is 1. The van der Waals surface area contributed by atoms with Gasteiger partial charge in [0, 0.05) is 32.4 Å². The van der Waals surface area contributed by atoms with Crippen LogP contribution in [-0.4, -0.2) is 56.4 Å². The zero-order valence-corrected chi connectivity index (χ0v) is 18.0. The number of guanidine groups is 1. The van der Waals surface area contributed by atoms with Crippen LogP contribution in [0.15, 0.2) is 53.7 Å². The maximum absolute atomic E-state index is 5.73. The topological polar surface area (TPSA) is 71.0 Å². The van der Waals surface area contributed by atoms with E-state index in [9.17, 15) is 0 Å². The smallest absolute Gasteiger partial charge is 0.191 e. The predicted octanol–water partition coefficient (Wildman–Crippen LogP) is 2.83. The van der Waals surface area contributed by atoms with E-state index in [1.54, 1.807) is 0 Å². The summed E-state index contributed by atoms with van der Waals surface area (Å²) in [5.41, 5.74) is 1.14. The number of pyridine rings is 1. The van der Waals surface area contributed by atoms with E-state index in [1.165, 1.54) is 0 Å². The van der Waals surface area contributed by atoms with Gasteiger partial charge in [-0.15, -0.1) is 0 Å². The molecule has 1 aliphatic rings. The van der Waals surface area contributed by atoms with Gasteiger partial charge in [-0.05, 0) is 50.1 Å². The molecule has 7 heteroatoms. The summed E-state index contributed by atoms with van der Waals surface area (Å²) in [4.78, 5) is 11.5. The maximum atomic E-state index is 5.73. The van der Waals surface area contributed by atoms with Gasteiger partial charge in [0.25, 0.3) is 0 Å². The lowest BCUT2D eigenvalue weighted by molar-refractivity contribution is 0.0529. The minimum atomic E-state index is 0.234. The molecule has 0 bridgehead atoms. The summed E-state index contributed by atoms with van der Waals surface area (Å²) >= 11 is 0. The van der Waals surface area contributed by atoms with Crippen molar-refractivity contribution >= 4 is 11.8 Å². The van der Waals surface area contributed by atoms with Gasteiger partial charge in [0.2, 0.25) is 0 Å². The standard InChI is InChI=1S/C23H33N5O2/c1-3-24-23(26-11-7-14-30-21-8-5-4-6-9-21)27-17-20-10-12-25-22(16-20)28-13-15-29-19(2)18-28/h4-6,8-10,12,16,19H,3,7,11,13-15,17-18H2,1-2H3,(H2,24,26,27). The molecule has 1 atom stereocenters. The predicted molar refractivity (Wildman–Crippen MR) is 121 cm³/mol. The summed E-state index contributed by atoms with van der Waals surface area (Å²) in [5, 5.41) is 6.68. The van der Waals surface area contributed by atoms with Crippen molar-refractivity contribution < 1.29 is 9.47 Å². The summed E-state index contributed by atoms with van der Waals surface area (Å²) < 4.78 is 11.4. The Balaban J connectivity index is 1.47. The van der Waals surface area contributed by atoms with Crippen LogP contribution >= 0.6 is 0 Å². The van der Waals surface area contributed by atoms with Crippen LogP contribution in [0, 0.1) is 0 Å². The normalized spacial score (nSPS) is 16.9. The molecule has 0 spiro atoms. The van der Waals surface area contributed by atoms with Crippen LogP contribution in [0.25, 0.3) is 0 Å². The largest absolute Gasteiger partial charge is 0.494 e. The fourth-order valence-corrected chi connectivity index (χ4v) is 3.26. The first-order valence-electron chi connectivity index (χ1n) is 10.8. The lowest BCUT2D eigenvalue weighted by Crippen LogP contribution is -2.41. The van der Waals surface area contributed by atoms with Gasteiger partial charge in [-0.2, -0.15) is 0 Å². The van der Waals surface area contributed by atoms with Gasteiger partial charge in [0.05, 0.1) is 25.9 Å². The third-order valence-electron chi connectivity index (χ3n) is 4.76. The number of morpholine rings is 1. The number of benzene rings is 1.